The summed E-state index contributed by atoms with van der Waals surface area (Å²) in [7, 11) is 1.41. The van der Waals surface area contributed by atoms with E-state index in [1.807, 2.05) is 0 Å². The fraction of sp³-hybridized carbons (Fsp3) is 0.385. The topological polar surface area (TPSA) is 64.6 Å². The molecule has 0 heterocycles. The average Bonchev–Trinajstić information content (AvgIpc) is 2.41. The van der Waals surface area contributed by atoms with Crippen molar-refractivity contribution in [2.45, 2.75) is 13.1 Å². The van der Waals surface area contributed by atoms with E-state index < -0.39 is 25.2 Å². The van der Waals surface area contributed by atoms with Crippen LogP contribution in [-0.4, -0.2) is 38.1 Å². The maximum Gasteiger partial charge on any atom is 0.405 e. The predicted molar refractivity (Wildman–Crippen MR) is 67.6 cm³/mol. The lowest BCUT2D eigenvalue weighted by Crippen LogP contribution is -2.36. The third-order valence-corrected chi connectivity index (χ3v) is 2.41. The first kappa shape index (κ1) is 16.8. The quantitative estimate of drug-likeness (QED) is 0.816. The van der Waals surface area contributed by atoms with Crippen LogP contribution in [0.5, 0.6) is 11.5 Å². The minimum absolute atomic E-state index is 0.0732. The highest BCUT2D eigenvalue weighted by Crippen LogP contribution is 2.25. The number of ether oxygens (including phenoxy) is 2. The maximum absolute atomic E-state index is 11.9. The molecule has 0 saturated carbocycles. The van der Waals surface area contributed by atoms with Crippen molar-refractivity contribution in [2.24, 2.45) is 0 Å². The summed E-state index contributed by atoms with van der Waals surface area (Å²) >= 11 is 0. The lowest BCUT2D eigenvalue weighted by molar-refractivity contribution is -0.139. The molecule has 1 N–H and O–H groups in total. The smallest absolute Gasteiger partial charge is 0.405 e. The fourth-order valence-corrected chi connectivity index (χ4v) is 1.43. The summed E-state index contributed by atoms with van der Waals surface area (Å²) in [6, 6.07) is 4.37. The number of alkyl halides is 3. The van der Waals surface area contributed by atoms with Gasteiger partial charge in [-0.2, -0.15) is 13.2 Å². The summed E-state index contributed by atoms with van der Waals surface area (Å²) in [5.74, 6) is -0.775. The molecule has 1 aromatic rings. The Hall–Kier alpha value is -2.25. The summed E-state index contributed by atoms with van der Waals surface area (Å²) in [6.07, 6.45) is -4.49. The molecule has 0 aliphatic rings. The molecule has 0 saturated heterocycles. The van der Waals surface area contributed by atoms with Crippen LogP contribution < -0.4 is 14.8 Å². The van der Waals surface area contributed by atoms with E-state index in [9.17, 15) is 22.8 Å². The van der Waals surface area contributed by atoms with Gasteiger partial charge in [-0.15, -0.1) is 0 Å². The SMILES string of the molecule is COc1ccc(C(C)=O)c(OCC(=O)NCC(F)(F)F)c1. The Morgan fingerprint density at radius 3 is 2.48 bits per heavy atom. The molecule has 0 unspecified atom stereocenters. The monoisotopic (exact) mass is 305 g/mol. The van der Waals surface area contributed by atoms with E-state index in [2.05, 4.69) is 0 Å². The van der Waals surface area contributed by atoms with Crippen LogP contribution in [0.1, 0.15) is 17.3 Å². The van der Waals surface area contributed by atoms with Crippen molar-refractivity contribution in [3.05, 3.63) is 23.8 Å². The Balaban J connectivity index is 2.69. The number of carbonyl (C=O) groups excluding carboxylic acids is 2. The van der Waals surface area contributed by atoms with Crippen LogP contribution >= 0.6 is 0 Å². The zero-order chi connectivity index (χ0) is 16.0. The molecule has 0 bridgehead atoms. The van der Waals surface area contributed by atoms with Gasteiger partial charge in [0.15, 0.2) is 12.4 Å². The van der Waals surface area contributed by atoms with Crippen LogP contribution in [0, 0.1) is 0 Å². The van der Waals surface area contributed by atoms with E-state index in [1.54, 1.807) is 5.32 Å². The van der Waals surface area contributed by atoms with Gasteiger partial charge in [0, 0.05) is 6.07 Å². The van der Waals surface area contributed by atoms with Gasteiger partial charge in [-0.25, -0.2) is 0 Å². The van der Waals surface area contributed by atoms with Gasteiger partial charge in [-0.1, -0.05) is 0 Å². The van der Waals surface area contributed by atoms with E-state index in [4.69, 9.17) is 9.47 Å². The molecule has 8 heteroatoms. The fourth-order valence-electron chi connectivity index (χ4n) is 1.43. The van der Waals surface area contributed by atoms with Gasteiger partial charge in [0.1, 0.15) is 18.0 Å². The van der Waals surface area contributed by atoms with Crippen LogP contribution in [0.15, 0.2) is 18.2 Å². The lowest BCUT2D eigenvalue weighted by Gasteiger charge is -2.12. The van der Waals surface area contributed by atoms with E-state index in [-0.39, 0.29) is 17.1 Å². The molecule has 1 amide bonds. The van der Waals surface area contributed by atoms with Gasteiger partial charge >= 0.3 is 6.18 Å². The normalized spacial score (nSPS) is 10.9. The van der Waals surface area contributed by atoms with Crippen LogP contribution in [-0.2, 0) is 4.79 Å². The van der Waals surface area contributed by atoms with Gasteiger partial charge in [0.25, 0.3) is 5.91 Å². The molecule has 0 aliphatic carbocycles. The summed E-state index contributed by atoms with van der Waals surface area (Å²) in [5.41, 5.74) is 0.208. The molecule has 21 heavy (non-hydrogen) atoms. The molecular weight excluding hydrogens is 291 g/mol. The van der Waals surface area contributed by atoms with Crippen molar-refractivity contribution in [3.8, 4) is 11.5 Å². The molecule has 1 rings (SSSR count). The molecule has 0 spiro atoms. The largest absolute Gasteiger partial charge is 0.497 e. The Kier molecular flexibility index (Phi) is 5.57. The van der Waals surface area contributed by atoms with Gasteiger partial charge in [-0.05, 0) is 19.1 Å². The molecule has 0 aromatic heterocycles. The average molecular weight is 305 g/mol. The number of carbonyl (C=O) groups is 2. The molecule has 0 atom stereocenters. The maximum atomic E-state index is 11.9. The Labute approximate surface area is 119 Å². The number of Topliss-reactive ketones (excluding diaryl/α,β-unsaturated/α-hetero) is 1. The number of nitrogens with one attached hydrogen (secondary N) is 1. The van der Waals surface area contributed by atoms with Gasteiger partial charge in [0.05, 0.1) is 12.7 Å². The minimum Gasteiger partial charge on any atom is -0.497 e. The Morgan fingerprint density at radius 1 is 1.29 bits per heavy atom. The number of amides is 1. The highest BCUT2D eigenvalue weighted by Gasteiger charge is 2.27. The van der Waals surface area contributed by atoms with E-state index >= 15 is 0 Å². The van der Waals surface area contributed by atoms with Crippen molar-refractivity contribution >= 4 is 11.7 Å². The second kappa shape index (κ2) is 6.96. The summed E-state index contributed by atoms with van der Waals surface area (Å²) in [6.45, 7) is -0.769. The second-order valence-electron chi connectivity index (χ2n) is 4.10. The highest BCUT2D eigenvalue weighted by atomic mass is 19.4. The van der Waals surface area contributed by atoms with Crippen molar-refractivity contribution in [1.82, 2.24) is 5.32 Å². The number of hydrogen-bond donors (Lipinski definition) is 1. The van der Waals surface area contributed by atoms with E-state index in [0.717, 1.165) is 0 Å². The summed E-state index contributed by atoms with van der Waals surface area (Å²) in [5, 5.41) is 1.67. The molecule has 0 radical (unpaired) electrons. The zero-order valence-electron chi connectivity index (χ0n) is 11.4. The Morgan fingerprint density at radius 2 is 1.95 bits per heavy atom. The molecule has 116 valence electrons. The van der Waals surface area contributed by atoms with E-state index in [0.29, 0.717) is 5.75 Å². The minimum atomic E-state index is -4.49. The molecule has 1 aromatic carbocycles. The highest BCUT2D eigenvalue weighted by molar-refractivity contribution is 5.97. The van der Waals surface area contributed by atoms with Crippen molar-refractivity contribution in [2.75, 3.05) is 20.3 Å². The number of hydrogen-bond acceptors (Lipinski definition) is 4. The number of halogens is 3. The van der Waals surface area contributed by atoms with Crippen LogP contribution in [0.2, 0.25) is 0 Å². The van der Waals surface area contributed by atoms with Crippen molar-refractivity contribution < 1.29 is 32.2 Å². The number of ketones is 1. The molecule has 0 aliphatic heterocycles. The van der Waals surface area contributed by atoms with Crippen LogP contribution in [0.4, 0.5) is 13.2 Å². The number of rotatable bonds is 6. The van der Waals surface area contributed by atoms with Crippen molar-refractivity contribution in [3.63, 3.8) is 0 Å². The van der Waals surface area contributed by atoms with Gasteiger partial charge in [0.2, 0.25) is 0 Å². The second-order valence-corrected chi connectivity index (χ2v) is 4.10. The number of methoxy groups -OCH3 is 1. The summed E-state index contributed by atoms with van der Waals surface area (Å²) < 4.78 is 45.8. The molecule has 0 fully saturated rings. The number of benzene rings is 1. The third kappa shape index (κ3) is 5.72. The first-order chi connectivity index (χ1) is 9.73. The van der Waals surface area contributed by atoms with Crippen molar-refractivity contribution in [1.29, 1.82) is 0 Å². The van der Waals surface area contributed by atoms with Gasteiger partial charge in [-0.3, -0.25) is 9.59 Å². The summed E-state index contributed by atoms with van der Waals surface area (Å²) in [4.78, 5) is 22.6. The zero-order valence-corrected chi connectivity index (χ0v) is 11.4. The van der Waals surface area contributed by atoms with E-state index in [1.165, 1.54) is 32.2 Å². The lowest BCUT2D eigenvalue weighted by atomic mass is 10.1. The molecule has 5 nitrogen and oxygen atoms in total. The first-order valence-electron chi connectivity index (χ1n) is 5.88. The molecular formula is C13H14F3NO4. The third-order valence-electron chi connectivity index (χ3n) is 2.41. The predicted octanol–water partition coefficient (Wildman–Crippen LogP) is 1.96. The van der Waals surface area contributed by atoms with Crippen LogP contribution in [0.3, 0.4) is 0 Å². The van der Waals surface area contributed by atoms with Gasteiger partial charge < -0.3 is 14.8 Å². The standard InChI is InChI=1S/C13H14F3NO4/c1-8(18)10-4-3-9(20-2)5-11(10)21-6-12(19)17-7-13(14,15)16/h3-5H,6-7H2,1-2H3,(H,17,19). The Bertz CT molecular complexity index is 529. The van der Waals surface area contributed by atoms with Crippen LogP contribution in [0.25, 0.3) is 0 Å². The first-order valence-corrected chi connectivity index (χ1v) is 5.88.